The molecule has 0 saturated heterocycles. The van der Waals surface area contributed by atoms with Crippen molar-refractivity contribution in [3.8, 4) is 0 Å². The predicted molar refractivity (Wildman–Crippen MR) is 64.3 cm³/mol. The fourth-order valence-corrected chi connectivity index (χ4v) is 0.802. The summed E-state index contributed by atoms with van der Waals surface area (Å²) in [7, 11) is 1.50. The Bertz CT molecular complexity index is 173. The summed E-state index contributed by atoms with van der Waals surface area (Å²) < 4.78 is 0. The molecule has 2 heteroatoms. The lowest BCUT2D eigenvalue weighted by Gasteiger charge is -1.92. The molecule has 1 aromatic rings. The fraction of sp³-hybridized carbons (Fsp3) is 0.583. The molecule has 0 aliphatic heterocycles. The third-order valence-corrected chi connectivity index (χ3v) is 1.23. The van der Waals surface area contributed by atoms with Crippen molar-refractivity contribution < 1.29 is 0 Å². The van der Waals surface area contributed by atoms with Crippen LogP contribution in [0.3, 0.4) is 0 Å². The van der Waals surface area contributed by atoms with Crippen LogP contribution in [0.5, 0.6) is 0 Å². The largest absolute Gasteiger partial charge is 0.333 e. The van der Waals surface area contributed by atoms with Crippen LogP contribution in [-0.2, 0) is 6.42 Å². The van der Waals surface area contributed by atoms with Gasteiger partial charge in [-0.05, 0) is 25.6 Å². The minimum atomic E-state index is 1.10. The molecular formula is C12H24N2. The first-order valence-electron chi connectivity index (χ1n) is 5.32. The van der Waals surface area contributed by atoms with Crippen LogP contribution in [0.25, 0.3) is 0 Å². The normalized spacial score (nSPS) is 7.79. The third kappa shape index (κ3) is 11.1. The number of hydrogen-bond acceptors (Lipinski definition) is 2. The van der Waals surface area contributed by atoms with Crippen LogP contribution in [0, 0.1) is 0 Å². The molecule has 0 aliphatic rings. The van der Waals surface area contributed by atoms with E-state index in [1.54, 1.807) is 0 Å². The molecule has 0 amide bonds. The molecule has 0 unspecified atom stereocenters. The average molecular weight is 196 g/mol. The van der Waals surface area contributed by atoms with Crippen molar-refractivity contribution in [2.75, 3.05) is 7.05 Å². The molecule has 0 radical (unpaired) electrons. The van der Waals surface area contributed by atoms with Crippen molar-refractivity contribution in [3.05, 3.63) is 30.1 Å². The maximum absolute atomic E-state index is 4.50. The van der Waals surface area contributed by atoms with Gasteiger partial charge in [0.15, 0.2) is 0 Å². The van der Waals surface area contributed by atoms with E-state index in [4.69, 9.17) is 0 Å². The Morgan fingerprint density at radius 3 is 2.07 bits per heavy atom. The molecule has 0 aromatic carbocycles. The summed E-state index contributed by atoms with van der Waals surface area (Å²) in [6.45, 7) is 6.41. The minimum Gasteiger partial charge on any atom is -0.333 e. The van der Waals surface area contributed by atoms with Crippen LogP contribution >= 0.6 is 0 Å². The van der Waals surface area contributed by atoms with Gasteiger partial charge in [-0.25, -0.2) is 0 Å². The van der Waals surface area contributed by atoms with Crippen LogP contribution in [-0.4, -0.2) is 12.0 Å². The second kappa shape index (κ2) is 14.6. The van der Waals surface area contributed by atoms with E-state index in [0.29, 0.717) is 0 Å². The summed E-state index contributed by atoms with van der Waals surface area (Å²) in [5, 5.41) is 0. The van der Waals surface area contributed by atoms with Crippen LogP contribution < -0.4 is 5.73 Å². The number of hydrogen-bond donors (Lipinski definition) is 1. The Labute approximate surface area is 88.6 Å². The standard InChI is InChI=1S/C8H11N.C3H8.CH5N/c1-2-5-8-6-3-4-7-9-8;1-3-2;1-2/h3-4,6-7H,2,5H2,1H3;3H2,1-2H3;2H2,1H3. The van der Waals surface area contributed by atoms with E-state index in [2.05, 4.69) is 37.6 Å². The van der Waals surface area contributed by atoms with Gasteiger partial charge >= 0.3 is 0 Å². The van der Waals surface area contributed by atoms with E-state index >= 15 is 0 Å². The second-order valence-electron chi connectivity index (χ2n) is 2.78. The summed E-state index contributed by atoms with van der Waals surface area (Å²) in [4.78, 5) is 4.17. The van der Waals surface area contributed by atoms with Gasteiger partial charge in [-0.1, -0.05) is 39.7 Å². The summed E-state index contributed by atoms with van der Waals surface area (Å²) >= 11 is 0. The highest BCUT2D eigenvalue weighted by Gasteiger charge is 1.86. The summed E-state index contributed by atoms with van der Waals surface area (Å²) in [6, 6.07) is 6.03. The van der Waals surface area contributed by atoms with Gasteiger partial charge in [0.05, 0.1) is 0 Å². The highest BCUT2D eigenvalue weighted by molar-refractivity contribution is 5.02. The molecule has 14 heavy (non-hydrogen) atoms. The van der Waals surface area contributed by atoms with Crippen molar-refractivity contribution in [3.63, 3.8) is 0 Å². The van der Waals surface area contributed by atoms with E-state index in [1.807, 2.05) is 18.3 Å². The van der Waals surface area contributed by atoms with Gasteiger partial charge in [-0.2, -0.15) is 0 Å². The fourth-order valence-electron chi connectivity index (χ4n) is 0.802. The molecule has 0 saturated carbocycles. The zero-order chi connectivity index (χ0) is 11.2. The maximum atomic E-state index is 4.50. The molecule has 0 bridgehead atoms. The number of aromatic nitrogens is 1. The molecule has 0 atom stereocenters. The Kier molecular flexibility index (Phi) is 16.3. The van der Waals surface area contributed by atoms with Gasteiger partial charge in [0.2, 0.25) is 0 Å². The van der Waals surface area contributed by atoms with Crippen molar-refractivity contribution in [2.24, 2.45) is 5.73 Å². The highest BCUT2D eigenvalue weighted by atomic mass is 14.7. The Balaban J connectivity index is 0. The summed E-state index contributed by atoms with van der Waals surface area (Å²) in [5.74, 6) is 0. The van der Waals surface area contributed by atoms with Gasteiger partial charge in [-0.15, -0.1) is 0 Å². The lowest BCUT2D eigenvalue weighted by molar-refractivity contribution is 0.883. The molecule has 2 N–H and O–H groups in total. The predicted octanol–water partition coefficient (Wildman–Crippen LogP) is 3.03. The molecule has 1 heterocycles. The Hall–Kier alpha value is -0.890. The van der Waals surface area contributed by atoms with E-state index in [1.165, 1.54) is 25.6 Å². The van der Waals surface area contributed by atoms with E-state index in [0.717, 1.165) is 6.42 Å². The van der Waals surface area contributed by atoms with Gasteiger partial charge in [0, 0.05) is 11.9 Å². The minimum absolute atomic E-state index is 1.10. The molecule has 82 valence electrons. The maximum Gasteiger partial charge on any atom is 0.0403 e. The smallest absolute Gasteiger partial charge is 0.0403 e. The van der Waals surface area contributed by atoms with Crippen molar-refractivity contribution >= 4 is 0 Å². The van der Waals surface area contributed by atoms with Gasteiger partial charge in [0.1, 0.15) is 0 Å². The van der Waals surface area contributed by atoms with Gasteiger partial charge < -0.3 is 5.73 Å². The van der Waals surface area contributed by atoms with Crippen molar-refractivity contribution in [1.29, 1.82) is 0 Å². The molecule has 0 fully saturated rings. The first-order chi connectivity index (χ1) is 6.85. The Morgan fingerprint density at radius 2 is 1.71 bits per heavy atom. The van der Waals surface area contributed by atoms with Crippen LogP contribution in [0.2, 0.25) is 0 Å². The monoisotopic (exact) mass is 196 g/mol. The lowest BCUT2D eigenvalue weighted by Crippen LogP contribution is -1.84. The lowest BCUT2D eigenvalue weighted by atomic mass is 10.2. The first kappa shape index (κ1) is 15.6. The van der Waals surface area contributed by atoms with Gasteiger partial charge in [0.25, 0.3) is 0 Å². The van der Waals surface area contributed by atoms with Gasteiger partial charge in [-0.3, -0.25) is 4.98 Å². The SMILES string of the molecule is CCC.CCCc1ccccn1.CN. The molecule has 1 aromatic heterocycles. The zero-order valence-corrected chi connectivity index (χ0v) is 9.96. The van der Waals surface area contributed by atoms with E-state index in [-0.39, 0.29) is 0 Å². The number of pyridine rings is 1. The molecule has 0 aliphatic carbocycles. The van der Waals surface area contributed by atoms with Crippen LogP contribution in [0.1, 0.15) is 39.3 Å². The third-order valence-electron chi connectivity index (χ3n) is 1.23. The number of rotatable bonds is 2. The average Bonchev–Trinajstić information content (AvgIpc) is 2.24. The second-order valence-corrected chi connectivity index (χ2v) is 2.78. The Morgan fingerprint density at radius 1 is 1.14 bits per heavy atom. The topological polar surface area (TPSA) is 38.9 Å². The summed E-state index contributed by atoms with van der Waals surface area (Å²) in [5.41, 5.74) is 5.69. The molecular weight excluding hydrogens is 172 g/mol. The number of nitrogens with two attached hydrogens (primary N) is 1. The van der Waals surface area contributed by atoms with Crippen LogP contribution in [0.4, 0.5) is 0 Å². The van der Waals surface area contributed by atoms with Crippen molar-refractivity contribution in [2.45, 2.75) is 40.0 Å². The van der Waals surface area contributed by atoms with Crippen molar-refractivity contribution in [1.82, 2.24) is 4.98 Å². The van der Waals surface area contributed by atoms with E-state index < -0.39 is 0 Å². The number of nitrogens with zero attached hydrogens (tertiary/aromatic N) is 1. The molecule has 2 nitrogen and oxygen atoms in total. The highest BCUT2D eigenvalue weighted by Crippen LogP contribution is 1.95. The van der Waals surface area contributed by atoms with E-state index in [9.17, 15) is 0 Å². The quantitative estimate of drug-likeness (QED) is 0.789. The molecule has 0 spiro atoms. The zero-order valence-electron chi connectivity index (χ0n) is 9.96. The first-order valence-corrected chi connectivity index (χ1v) is 5.32. The van der Waals surface area contributed by atoms with Crippen LogP contribution in [0.15, 0.2) is 24.4 Å². The molecule has 1 rings (SSSR count). The number of aryl methyl sites for hydroxylation is 1. The summed E-state index contributed by atoms with van der Waals surface area (Å²) in [6.07, 6.45) is 5.36.